The summed E-state index contributed by atoms with van der Waals surface area (Å²) in [4.78, 5) is 24.1. The molecular formula is C14H19NO5S. The Bertz CT molecular complexity index is 622. The van der Waals surface area contributed by atoms with Gasteiger partial charge >= 0.3 is 5.97 Å². The molecule has 0 aliphatic rings. The summed E-state index contributed by atoms with van der Waals surface area (Å²) in [6.45, 7) is 2.58. The number of esters is 1. The van der Waals surface area contributed by atoms with Crippen LogP contribution in [-0.2, 0) is 24.2 Å². The minimum absolute atomic E-state index is 0.516. The molecule has 0 aliphatic heterocycles. The highest BCUT2D eigenvalue weighted by atomic mass is 32.2. The molecule has 1 unspecified atom stereocenters. The van der Waals surface area contributed by atoms with E-state index in [-0.39, 0.29) is 0 Å². The maximum atomic E-state index is 12.2. The maximum Gasteiger partial charge on any atom is 0.333 e. The summed E-state index contributed by atoms with van der Waals surface area (Å²) in [5.41, 5.74) is 0.516. The SMILES string of the molecule is COC(=O)C(NC(=O)C(C)(C)S(C)(=O)=O)c1ccccc1. The largest absolute Gasteiger partial charge is 0.467 e. The van der Waals surface area contributed by atoms with Crippen molar-refractivity contribution in [2.45, 2.75) is 24.6 Å². The molecule has 0 heterocycles. The van der Waals surface area contributed by atoms with Crippen LogP contribution in [0.4, 0.5) is 0 Å². The highest BCUT2D eigenvalue weighted by Crippen LogP contribution is 2.20. The second kappa shape index (κ2) is 6.26. The standard InChI is InChI=1S/C14H19NO5S/c1-14(2,21(4,18)19)13(17)15-11(12(16)20-3)10-8-6-5-7-9-10/h5-9,11H,1-4H3,(H,15,17). The van der Waals surface area contributed by atoms with E-state index in [4.69, 9.17) is 0 Å². The Labute approximate surface area is 124 Å². The van der Waals surface area contributed by atoms with Crippen LogP contribution in [0.3, 0.4) is 0 Å². The lowest BCUT2D eigenvalue weighted by atomic mass is 10.1. The molecular weight excluding hydrogens is 294 g/mol. The Morgan fingerprint density at radius 3 is 2.14 bits per heavy atom. The van der Waals surface area contributed by atoms with Crippen LogP contribution < -0.4 is 5.32 Å². The fraction of sp³-hybridized carbons (Fsp3) is 0.429. The van der Waals surface area contributed by atoms with Crippen molar-refractivity contribution in [3.8, 4) is 0 Å². The molecule has 6 nitrogen and oxygen atoms in total. The Morgan fingerprint density at radius 2 is 1.71 bits per heavy atom. The van der Waals surface area contributed by atoms with Crippen molar-refractivity contribution >= 4 is 21.7 Å². The van der Waals surface area contributed by atoms with E-state index >= 15 is 0 Å². The fourth-order valence-corrected chi connectivity index (χ4v) is 1.91. The van der Waals surface area contributed by atoms with E-state index in [1.54, 1.807) is 30.3 Å². The normalized spacial score (nSPS) is 13.3. The summed E-state index contributed by atoms with van der Waals surface area (Å²) < 4.78 is 26.4. The zero-order valence-electron chi connectivity index (χ0n) is 12.4. The number of hydrogen-bond donors (Lipinski definition) is 1. The van der Waals surface area contributed by atoms with Crippen LogP contribution in [-0.4, -0.2) is 38.4 Å². The summed E-state index contributed by atoms with van der Waals surface area (Å²) in [7, 11) is -2.43. The molecule has 0 saturated heterocycles. The van der Waals surface area contributed by atoms with Crippen molar-refractivity contribution in [2.75, 3.05) is 13.4 Å². The fourth-order valence-electron chi connectivity index (χ4n) is 1.51. The average Bonchev–Trinajstić information content (AvgIpc) is 2.43. The van der Waals surface area contributed by atoms with Gasteiger partial charge in [-0.1, -0.05) is 30.3 Å². The van der Waals surface area contributed by atoms with E-state index in [9.17, 15) is 18.0 Å². The summed E-state index contributed by atoms with van der Waals surface area (Å²) in [5.74, 6) is -1.43. The van der Waals surface area contributed by atoms with Gasteiger partial charge in [-0.25, -0.2) is 13.2 Å². The van der Waals surface area contributed by atoms with Crippen molar-refractivity contribution < 1.29 is 22.7 Å². The van der Waals surface area contributed by atoms with Gasteiger partial charge in [-0.15, -0.1) is 0 Å². The number of sulfone groups is 1. The predicted octanol–water partition coefficient (Wildman–Crippen LogP) is 0.840. The van der Waals surface area contributed by atoms with Crippen LogP contribution in [0.1, 0.15) is 25.5 Å². The lowest BCUT2D eigenvalue weighted by Gasteiger charge is -2.25. The first kappa shape index (κ1) is 17.2. The predicted molar refractivity (Wildman–Crippen MR) is 78.3 cm³/mol. The van der Waals surface area contributed by atoms with Crippen molar-refractivity contribution in [3.05, 3.63) is 35.9 Å². The molecule has 0 radical (unpaired) electrons. The van der Waals surface area contributed by atoms with Crippen LogP contribution in [0.15, 0.2) is 30.3 Å². The Balaban J connectivity index is 3.10. The van der Waals surface area contributed by atoms with Gasteiger partial charge in [0.1, 0.15) is 4.75 Å². The zero-order valence-corrected chi connectivity index (χ0v) is 13.2. The average molecular weight is 313 g/mol. The molecule has 0 aromatic heterocycles. The molecule has 21 heavy (non-hydrogen) atoms. The monoisotopic (exact) mass is 313 g/mol. The summed E-state index contributed by atoms with van der Waals surface area (Å²) in [6.07, 6.45) is 0.974. The van der Waals surface area contributed by atoms with E-state index in [2.05, 4.69) is 10.1 Å². The topological polar surface area (TPSA) is 89.5 Å². The summed E-state index contributed by atoms with van der Waals surface area (Å²) in [5, 5.41) is 2.44. The van der Waals surface area contributed by atoms with Gasteiger partial charge in [0.25, 0.3) is 0 Å². The first-order valence-electron chi connectivity index (χ1n) is 6.24. The molecule has 0 saturated carbocycles. The highest BCUT2D eigenvalue weighted by molar-refractivity contribution is 7.92. The number of benzene rings is 1. The number of hydrogen-bond acceptors (Lipinski definition) is 5. The lowest BCUT2D eigenvalue weighted by Crippen LogP contribution is -2.50. The number of nitrogens with one attached hydrogen (secondary N) is 1. The number of carbonyl (C=O) groups excluding carboxylic acids is 2. The van der Waals surface area contributed by atoms with Crippen LogP contribution in [0.5, 0.6) is 0 Å². The van der Waals surface area contributed by atoms with Crippen LogP contribution >= 0.6 is 0 Å². The van der Waals surface area contributed by atoms with E-state index in [1.807, 2.05) is 0 Å². The maximum absolute atomic E-state index is 12.2. The molecule has 116 valence electrons. The number of carbonyl (C=O) groups is 2. The smallest absolute Gasteiger partial charge is 0.333 e. The quantitative estimate of drug-likeness (QED) is 0.814. The zero-order chi connectivity index (χ0) is 16.3. The third kappa shape index (κ3) is 3.81. The highest BCUT2D eigenvalue weighted by Gasteiger charge is 2.40. The molecule has 1 atom stereocenters. The Kier molecular flexibility index (Phi) is 5.11. The van der Waals surface area contributed by atoms with Gasteiger partial charge in [0, 0.05) is 6.26 Å². The Hall–Kier alpha value is -1.89. The lowest BCUT2D eigenvalue weighted by molar-refractivity contribution is -0.145. The number of amides is 1. The van der Waals surface area contributed by atoms with Gasteiger partial charge in [-0.05, 0) is 19.4 Å². The molecule has 0 aliphatic carbocycles. The first-order valence-corrected chi connectivity index (χ1v) is 8.13. The molecule has 0 bridgehead atoms. The Morgan fingerprint density at radius 1 is 1.19 bits per heavy atom. The number of rotatable bonds is 5. The van der Waals surface area contributed by atoms with Gasteiger partial charge in [0.15, 0.2) is 15.9 Å². The van der Waals surface area contributed by atoms with Gasteiger partial charge in [-0.2, -0.15) is 0 Å². The van der Waals surface area contributed by atoms with Crippen molar-refractivity contribution in [1.82, 2.24) is 5.32 Å². The van der Waals surface area contributed by atoms with E-state index in [0.717, 1.165) is 6.26 Å². The summed E-state index contributed by atoms with van der Waals surface area (Å²) in [6, 6.07) is 7.42. The van der Waals surface area contributed by atoms with Crippen molar-refractivity contribution in [2.24, 2.45) is 0 Å². The molecule has 0 spiro atoms. The van der Waals surface area contributed by atoms with Crippen molar-refractivity contribution in [3.63, 3.8) is 0 Å². The minimum Gasteiger partial charge on any atom is -0.467 e. The third-order valence-electron chi connectivity index (χ3n) is 3.32. The van der Waals surface area contributed by atoms with Gasteiger partial charge in [-0.3, -0.25) is 4.79 Å². The van der Waals surface area contributed by atoms with E-state index in [0.29, 0.717) is 5.56 Å². The first-order chi connectivity index (χ1) is 9.61. The van der Waals surface area contributed by atoms with Crippen LogP contribution in [0, 0.1) is 0 Å². The minimum atomic E-state index is -3.63. The molecule has 1 aromatic carbocycles. The molecule has 1 rings (SSSR count). The molecule has 1 amide bonds. The van der Waals surface area contributed by atoms with Crippen molar-refractivity contribution in [1.29, 1.82) is 0 Å². The number of ether oxygens (including phenoxy) is 1. The van der Waals surface area contributed by atoms with Gasteiger partial charge < -0.3 is 10.1 Å². The third-order valence-corrected chi connectivity index (χ3v) is 5.36. The second-order valence-electron chi connectivity index (χ2n) is 5.12. The van der Waals surface area contributed by atoms with E-state index in [1.165, 1.54) is 21.0 Å². The second-order valence-corrected chi connectivity index (χ2v) is 7.69. The molecule has 7 heteroatoms. The van der Waals surface area contributed by atoms with E-state index < -0.39 is 32.5 Å². The van der Waals surface area contributed by atoms with Gasteiger partial charge in [0.05, 0.1) is 7.11 Å². The van der Waals surface area contributed by atoms with Gasteiger partial charge in [0.2, 0.25) is 5.91 Å². The molecule has 1 aromatic rings. The molecule has 1 N–H and O–H groups in total. The molecule has 0 fully saturated rings. The van der Waals surface area contributed by atoms with Crippen LogP contribution in [0.25, 0.3) is 0 Å². The van der Waals surface area contributed by atoms with Crippen LogP contribution in [0.2, 0.25) is 0 Å². The summed E-state index contributed by atoms with van der Waals surface area (Å²) >= 11 is 0. The number of methoxy groups -OCH3 is 1.